The Morgan fingerprint density at radius 2 is 1.79 bits per heavy atom. The predicted molar refractivity (Wildman–Crippen MR) is 133 cm³/mol. The van der Waals surface area contributed by atoms with E-state index >= 15 is 0 Å². The van der Waals surface area contributed by atoms with Crippen LogP contribution in [0.15, 0.2) is 72.1 Å². The molecule has 0 fully saturated rings. The Hall–Kier alpha value is -2.67. The first-order valence-corrected chi connectivity index (χ1v) is 12.3. The van der Waals surface area contributed by atoms with E-state index < -0.39 is 0 Å². The second-order valence-electron chi connectivity index (χ2n) is 7.60. The average molecular weight is 485 g/mol. The fourth-order valence-corrected chi connectivity index (χ4v) is 4.36. The van der Waals surface area contributed by atoms with Crippen LogP contribution in [-0.2, 0) is 22.6 Å². The number of ether oxygens (including phenoxy) is 1. The van der Waals surface area contributed by atoms with Crippen LogP contribution in [0.25, 0.3) is 0 Å². The largest absolute Gasteiger partial charge is 0.382 e. The average Bonchev–Trinajstić information content (AvgIpc) is 3.34. The lowest BCUT2D eigenvalue weighted by molar-refractivity contribution is -0.133. The number of carbonyl (C=O) groups excluding carboxylic acids is 2. The van der Waals surface area contributed by atoms with Gasteiger partial charge in [-0.05, 0) is 48.6 Å². The summed E-state index contributed by atoms with van der Waals surface area (Å²) in [5, 5.41) is 2.49. The highest BCUT2D eigenvalue weighted by Gasteiger charge is 2.23. The van der Waals surface area contributed by atoms with Crippen molar-refractivity contribution in [3.05, 3.63) is 93.1 Å². The number of amides is 2. The molecule has 2 amide bonds. The van der Waals surface area contributed by atoms with E-state index in [4.69, 9.17) is 16.3 Å². The smallest absolute Gasteiger partial charge is 0.254 e. The number of carbonyl (C=O) groups is 2. The van der Waals surface area contributed by atoms with Crippen molar-refractivity contribution in [1.29, 1.82) is 0 Å². The zero-order chi connectivity index (χ0) is 23.5. The van der Waals surface area contributed by atoms with Crippen LogP contribution in [0.4, 0.5) is 0 Å². The summed E-state index contributed by atoms with van der Waals surface area (Å²) in [5.41, 5.74) is 1.52. The summed E-state index contributed by atoms with van der Waals surface area (Å²) < 4.78 is 5.44. The van der Waals surface area contributed by atoms with Gasteiger partial charge in [-0.25, -0.2) is 0 Å². The molecule has 0 saturated carbocycles. The second-order valence-corrected chi connectivity index (χ2v) is 9.07. The monoisotopic (exact) mass is 484 g/mol. The molecule has 1 heterocycles. The third-order valence-electron chi connectivity index (χ3n) is 5.10. The first-order chi connectivity index (χ1) is 16.1. The molecule has 7 heteroatoms. The van der Waals surface area contributed by atoms with Crippen molar-refractivity contribution in [3.63, 3.8) is 0 Å². The lowest BCUT2D eigenvalue weighted by atomic mass is 10.2. The molecule has 0 bridgehead atoms. The molecule has 5 nitrogen and oxygen atoms in total. The second kappa shape index (κ2) is 13.1. The maximum absolute atomic E-state index is 13.5. The molecular formula is C26H29ClN2O3S. The molecule has 0 aliphatic rings. The molecule has 0 spiro atoms. The van der Waals surface area contributed by atoms with Gasteiger partial charge in [-0.15, -0.1) is 11.3 Å². The predicted octanol–water partition coefficient (Wildman–Crippen LogP) is 5.50. The number of benzene rings is 2. The van der Waals surface area contributed by atoms with E-state index in [9.17, 15) is 9.59 Å². The van der Waals surface area contributed by atoms with Crippen molar-refractivity contribution in [2.24, 2.45) is 0 Å². The van der Waals surface area contributed by atoms with Gasteiger partial charge in [-0.1, -0.05) is 54.1 Å². The van der Waals surface area contributed by atoms with E-state index in [1.807, 2.05) is 59.7 Å². The van der Waals surface area contributed by atoms with Gasteiger partial charge in [-0.2, -0.15) is 0 Å². The van der Waals surface area contributed by atoms with Crippen LogP contribution >= 0.6 is 22.9 Å². The highest BCUT2D eigenvalue weighted by Crippen LogP contribution is 2.17. The summed E-state index contributed by atoms with van der Waals surface area (Å²) in [5.74, 6) is -0.308. The minimum absolute atomic E-state index is 0.00429. The zero-order valence-corrected chi connectivity index (χ0v) is 20.4. The summed E-state index contributed by atoms with van der Waals surface area (Å²) in [6, 6.07) is 20.7. The Bertz CT molecular complexity index is 1010. The molecule has 0 unspecified atom stereocenters. The van der Waals surface area contributed by atoms with Crippen molar-refractivity contribution >= 4 is 34.8 Å². The molecule has 33 heavy (non-hydrogen) atoms. The van der Waals surface area contributed by atoms with E-state index in [0.717, 1.165) is 10.4 Å². The van der Waals surface area contributed by atoms with E-state index in [-0.39, 0.29) is 18.4 Å². The fraction of sp³-hybridized carbons (Fsp3) is 0.308. The van der Waals surface area contributed by atoms with Gasteiger partial charge in [0.25, 0.3) is 5.91 Å². The molecule has 3 rings (SSSR count). The van der Waals surface area contributed by atoms with Gasteiger partial charge in [0.05, 0.1) is 6.54 Å². The Labute approximate surface area is 204 Å². The first kappa shape index (κ1) is 25.0. The number of nitrogens with zero attached hydrogens (tertiary/aromatic N) is 2. The number of hydrogen-bond donors (Lipinski definition) is 0. The van der Waals surface area contributed by atoms with Crippen LogP contribution in [0.5, 0.6) is 0 Å². The van der Waals surface area contributed by atoms with Crippen LogP contribution in [0.3, 0.4) is 0 Å². The summed E-state index contributed by atoms with van der Waals surface area (Å²) >= 11 is 7.72. The molecule has 0 aliphatic heterocycles. The van der Waals surface area contributed by atoms with Crippen LogP contribution < -0.4 is 0 Å². The van der Waals surface area contributed by atoms with Gasteiger partial charge in [0, 0.05) is 41.8 Å². The third kappa shape index (κ3) is 8.00. The highest BCUT2D eigenvalue weighted by molar-refractivity contribution is 7.09. The van der Waals surface area contributed by atoms with Crippen molar-refractivity contribution in [2.45, 2.75) is 26.4 Å². The molecule has 174 valence electrons. The van der Waals surface area contributed by atoms with Gasteiger partial charge < -0.3 is 14.5 Å². The summed E-state index contributed by atoms with van der Waals surface area (Å²) in [4.78, 5) is 31.2. The number of rotatable bonds is 12. The first-order valence-electron chi connectivity index (χ1n) is 11.0. The molecule has 0 aliphatic carbocycles. The number of thiophene rings is 1. The maximum Gasteiger partial charge on any atom is 0.254 e. The SMILES string of the molecule is CCOCCCN(CC(=O)N(Cc1ccccc1)Cc1cccs1)C(=O)c1cccc(Cl)c1. The van der Waals surface area contributed by atoms with Crippen molar-refractivity contribution in [1.82, 2.24) is 9.80 Å². The van der Waals surface area contributed by atoms with E-state index in [1.54, 1.807) is 40.5 Å². The third-order valence-corrected chi connectivity index (χ3v) is 6.20. The Balaban J connectivity index is 1.77. The minimum Gasteiger partial charge on any atom is -0.382 e. The van der Waals surface area contributed by atoms with Crippen LogP contribution in [-0.4, -0.2) is 47.9 Å². The Morgan fingerprint density at radius 1 is 0.970 bits per heavy atom. The van der Waals surface area contributed by atoms with Gasteiger partial charge >= 0.3 is 0 Å². The van der Waals surface area contributed by atoms with Crippen LogP contribution in [0.1, 0.15) is 34.1 Å². The fourth-order valence-electron chi connectivity index (χ4n) is 3.45. The normalized spacial score (nSPS) is 10.7. The zero-order valence-electron chi connectivity index (χ0n) is 18.8. The molecule has 0 radical (unpaired) electrons. The minimum atomic E-state index is -0.210. The standard InChI is InChI=1S/C26H29ClN2O3S/c1-2-32-15-8-14-28(26(31)22-11-6-12-23(27)17-22)20-25(30)29(19-24-13-7-16-33-24)18-21-9-4-3-5-10-21/h3-7,9-13,16-17H,2,8,14-15,18-20H2,1H3. The van der Waals surface area contributed by atoms with E-state index in [2.05, 4.69) is 0 Å². The molecule has 2 aromatic carbocycles. The number of hydrogen-bond acceptors (Lipinski definition) is 4. The van der Waals surface area contributed by atoms with Crippen molar-refractivity contribution < 1.29 is 14.3 Å². The topological polar surface area (TPSA) is 49.9 Å². The van der Waals surface area contributed by atoms with Crippen molar-refractivity contribution in [2.75, 3.05) is 26.3 Å². The van der Waals surface area contributed by atoms with Crippen molar-refractivity contribution in [3.8, 4) is 0 Å². The molecule has 0 atom stereocenters. The van der Waals surface area contributed by atoms with E-state index in [1.165, 1.54) is 0 Å². The summed E-state index contributed by atoms with van der Waals surface area (Å²) in [6.07, 6.45) is 0.650. The van der Waals surface area contributed by atoms with Gasteiger partial charge in [0.15, 0.2) is 0 Å². The molecule has 1 aromatic heterocycles. The molecule has 0 N–H and O–H groups in total. The number of halogens is 1. The molecule has 3 aromatic rings. The lowest BCUT2D eigenvalue weighted by Crippen LogP contribution is -2.43. The van der Waals surface area contributed by atoms with Crippen LogP contribution in [0.2, 0.25) is 5.02 Å². The van der Waals surface area contributed by atoms with Gasteiger partial charge in [0.1, 0.15) is 6.54 Å². The van der Waals surface area contributed by atoms with E-state index in [0.29, 0.717) is 49.9 Å². The molecule has 0 saturated heterocycles. The quantitative estimate of drug-likeness (QED) is 0.319. The molecular weight excluding hydrogens is 456 g/mol. The summed E-state index contributed by atoms with van der Waals surface area (Å²) in [7, 11) is 0. The summed E-state index contributed by atoms with van der Waals surface area (Å²) in [6.45, 7) is 4.49. The Morgan fingerprint density at radius 3 is 2.48 bits per heavy atom. The highest BCUT2D eigenvalue weighted by atomic mass is 35.5. The lowest BCUT2D eigenvalue weighted by Gasteiger charge is -2.28. The van der Waals surface area contributed by atoms with Crippen LogP contribution in [0, 0.1) is 0 Å². The maximum atomic E-state index is 13.5. The van der Waals surface area contributed by atoms with Gasteiger partial charge in [0.2, 0.25) is 5.91 Å². The van der Waals surface area contributed by atoms with Gasteiger partial charge in [-0.3, -0.25) is 9.59 Å². The Kier molecular flexibility index (Phi) is 9.94.